The van der Waals surface area contributed by atoms with E-state index in [1.807, 2.05) is 32.0 Å². The highest BCUT2D eigenvalue weighted by molar-refractivity contribution is 6.34. The van der Waals surface area contributed by atoms with Crippen LogP contribution in [0.5, 0.6) is 5.75 Å². The Kier molecular flexibility index (Phi) is 5.06. The number of nitrogens with zero attached hydrogens (tertiary/aromatic N) is 1. The van der Waals surface area contributed by atoms with Crippen molar-refractivity contribution in [2.45, 2.75) is 13.8 Å². The molecule has 6 nitrogen and oxygen atoms in total. The molecule has 0 atom stereocenters. The summed E-state index contributed by atoms with van der Waals surface area (Å²) in [5, 5.41) is 2.74. The third-order valence-corrected chi connectivity index (χ3v) is 5.03. The third-order valence-electron chi connectivity index (χ3n) is 5.03. The molecule has 0 unspecified atom stereocenters. The number of ether oxygens (including phenoxy) is 1. The minimum absolute atomic E-state index is 0.153. The highest BCUT2D eigenvalue weighted by Crippen LogP contribution is 2.29. The highest BCUT2D eigenvalue weighted by Gasteiger charge is 2.36. The van der Waals surface area contributed by atoms with E-state index in [0.29, 0.717) is 28.3 Å². The van der Waals surface area contributed by atoms with Gasteiger partial charge in [-0.25, -0.2) is 4.90 Å². The SMILES string of the molecule is Cc1ccc(OCC(=O)Nc2cccc(N3C(=O)c4ccccc4C3=O)c2)cc1C. The molecular formula is C24H20N2O4. The number of benzene rings is 3. The summed E-state index contributed by atoms with van der Waals surface area (Å²) in [5.74, 6) is -0.477. The van der Waals surface area contributed by atoms with Gasteiger partial charge in [0.25, 0.3) is 17.7 Å². The van der Waals surface area contributed by atoms with E-state index in [1.165, 1.54) is 0 Å². The fourth-order valence-electron chi connectivity index (χ4n) is 3.30. The summed E-state index contributed by atoms with van der Waals surface area (Å²) in [5.41, 5.74) is 3.85. The van der Waals surface area contributed by atoms with Crippen LogP contribution in [0.1, 0.15) is 31.8 Å². The summed E-state index contributed by atoms with van der Waals surface area (Å²) >= 11 is 0. The average molecular weight is 400 g/mol. The Balaban J connectivity index is 1.45. The van der Waals surface area contributed by atoms with Crippen LogP contribution in [0.3, 0.4) is 0 Å². The maximum atomic E-state index is 12.6. The second kappa shape index (κ2) is 7.83. The largest absolute Gasteiger partial charge is 0.484 e. The monoisotopic (exact) mass is 400 g/mol. The Morgan fingerprint density at radius 1 is 0.867 bits per heavy atom. The Hall–Kier alpha value is -3.93. The van der Waals surface area contributed by atoms with E-state index >= 15 is 0 Å². The van der Waals surface area contributed by atoms with Crippen LogP contribution in [0.4, 0.5) is 11.4 Å². The first-order valence-corrected chi connectivity index (χ1v) is 9.52. The molecule has 0 aromatic heterocycles. The lowest BCUT2D eigenvalue weighted by Gasteiger charge is -2.15. The van der Waals surface area contributed by atoms with Crippen LogP contribution in [0.25, 0.3) is 0 Å². The third kappa shape index (κ3) is 3.67. The van der Waals surface area contributed by atoms with Crippen molar-refractivity contribution in [3.05, 3.63) is 89.0 Å². The summed E-state index contributed by atoms with van der Waals surface area (Å²) in [6.07, 6.45) is 0. The minimum Gasteiger partial charge on any atom is -0.484 e. The number of amides is 3. The van der Waals surface area contributed by atoms with Gasteiger partial charge in [-0.15, -0.1) is 0 Å². The van der Waals surface area contributed by atoms with Crippen LogP contribution in [-0.2, 0) is 4.79 Å². The van der Waals surface area contributed by atoms with Gasteiger partial charge in [0, 0.05) is 5.69 Å². The lowest BCUT2D eigenvalue weighted by atomic mass is 10.1. The number of carbonyl (C=O) groups excluding carboxylic acids is 3. The molecule has 4 rings (SSSR count). The first-order chi connectivity index (χ1) is 14.4. The molecule has 1 heterocycles. The second-order valence-electron chi connectivity index (χ2n) is 7.12. The van der Waals surface area contributed by atoms with Gasteiger partial charge in [-0.05, 0) is 67.4 Å². The Morgan fingerprint density at radius 2 is 1.57 bits per heavy atom. The molecular weight excluding hydrogens is 380 g/mol. The maximum Gasteiger partial charge on any atom is 0.266 e. The van der Waals surface area contributed by atoms with Crippen LogP contribution < -0.4 is 15.0 Å². The Labute approximate surface area is 174 Å². The molecule has 3 aromatic carbocycles. The van der Waals surface area contributed by atoms with Crippen molar-refractivity contribution in [3.63, 3.8) is 0 Å². The van der Waals surface area contributed by atoms with Crippen LogP contribution in [0.2, 0.25) is 0 Å². The lowest BCUT2D eigenvalue weighted by Crippen LogP contribution is -2.29. The topological polar surface area (TPSA) is 75.7 Å². The van der Waals surface area contributed by atoms with Crippen molar-refractivity contribution < 1.29 is 19.1 Å². The number of rotatable bonds is 5. The van der Waals surface area contributed by atoms with Crippen LogP contribution in [-0.4, -0.2) is 24.3 Å². The highest BCUT2D eigenvalue weighted by atomic mass is 16.5. The summed E-state index contributed by atoms with van der Waals surface area (Å²) in [6, 6.07) is 19.0. The number of nitrogens with one attached hydrogen (secondary N) is 1. The zero-order valence-electron chi connectivity index (χ0n) is 16.6. The van der Waals surface area contributed by atoms with Gasteiger partial charge in [-0.3, -0.25) is 14.4 Å². The summed E-state index contributed by atoms with van der Waals surface area (Å²) < 4.78 is 5.55. The molecule has 0 bridgehead atoms. The second-order valence-corrected chi connectivity index (χ2v) is 7.12. The fourth-order valence-corrected chi connectivity index (χ4v) is 3.30. The number of hydrogen-bond donors (Lipinski definition) is 1. The number of carbonyl (C=O) groups is 3. The minimum atomic E-state index is -0.378. The van der Waals surface area contributed by atoms with E-state index in [0.717, 1.165) is 16.0 Å². The van der Waals surface area contributed by atoms with Gasteiger partial charge >= 0.3 is 0 Å². The fraction of sp³-hybridized carbons (Fsp3) is 0.125. The number of aryl methyl sites for hydroxylation is 2. The predicted molar refractivity (Wildman–Crippen MR) is 114 cm³/mol. The molecule has 150 valence electrons. The lowest BCUT2D eigenvalue weighted by molar-refractivity contribution is -0.118. The van der Waals surface area contributed by atoms with Gasteiger partial charge < -0.3 is 10.1 Å². The van der Waals surface area contributed by atoms with Crippen molar-refractivity contribution in [1.29, 1.82) is 0 Å². The van der Waals surface area contributed by atoms with Gasteiger partial charge in [-0.2, -0.15) is 0 Å². The molecule has 0 saturated carbocycles. The quantitative estimate of drug-likeness (QED) is 0.654. The molecule has 0 fully saturated rings. The van der Waals surface area contributed by atoms with Crippen molar-refractivity contribution >= 4 is 29.1 Å². The summed E-state index contributed by atoms with van der Waals surface area (Å²) in [7, 11) is 0. The number of hydrogen-bond acceptors (Lipinski definition) is 4. The summed E-state index contributed by atoms with van der Waals surface area (Å²) in [4.78, 5) is 38.7. The van der Waals surface area contributed by atoms with Gasteiger partial charge in [0.1, 0.15) is 5.75 Å². The van der Waals surface area contributed by atoms with E-state index < -0.39 is 0 Å². The smallest absolute Gasteiger partial charge is 0.266 e. The van der Waals surface area contributed by atoms with Crippen molar-refractivity contribution in [2.24, 2.45) is 0 Å². The number of imide groups is 1. The zero-order chi connectivity index (χ0) is 21.3. The van der Waals surface area contributed by atoms with Crippen LogP contribution in [0, 0.1) is 13.8 Å². The summed E-state index contributed by atoms with van der Waals surface area (Å²) in [6.45, 7) is 3.83. The molecule has 0 aliphatic carbocycles. The van der Waals surface area contributed by atoms with Gasteiger partial charge in [0.15, 0.2) is 6.61 Å². The first kappa shape index (κ1) is 19.4. The van der Waals surface area contributed by atoms with E-state index in [4.69, 9.17) is 4.74 Å². The van der Waals surface area contributed by atoms with Crippen molar-refractivity contribution in [3.8, 4) is 5.75 Å². The first-order valence-electron chi connectivity index (χ1n) is 9.52. The molecule has 1 aliphatic rings. The molecule has 0 spiro atoms. The molecule has 1 aliphatic heterocycles. The van der Waals surface area contributed by atoms with Crippen molar-refractivity contribution in [2.75, 3.05) is 16.8 Å². The molecule has 0 saturated heterocycles. The number of fused-ring (bicyclic) bond motifs is 1. The van der Waals surface area contributed by atoms with E-state index in [9.17, 15) is 14.4 Å². The molecule has 3 amide bonds. The molecule has 6 heteroatoms. The molecule has 1 N–H and O–H groups in total. The number of anilines is 2. The molecule has 30 heavy (non-hydrogen) atoms. The predicted octanol–water partition coefficient (Wildman–Crippen LogP) is 4.12. The normalized spacial score (nSPS) is 12.7. The van der Waals surface area contributed by atoms with Crippen LogP contribution >= 0.6 is 0 Å². The van der Waals surface area contributed by atoms with Gasteiger partial charge in [0.2, 0.25) is 0 Å². The van der Waals surface area contributed by atoms with E-state index in [-0.39, 0.29) is 24.3 Å². The van der Waals surface area contributed by atoms with Gasteiger partial charge in [0.05, 0.1) is 16.8 Å². The Morgan fingerprint density at radius 3 is 2.23 bits per heavy atom. The van der Waals surface area contributed by atoms with Crippen molar-refractivity contribution in [1.82, 2.24) is 0 Å². The van der Waals surface area contributed by atoms with E-state index in [2.05, 4.69) is 5.32 Å². The average Bonchev–Trinajstić information content (AvgIpc) is 3.00. The zero-order valence-corrected chi connectivity index (χ0v) is 16.6. The standard InChI is InChI=1S/C24H20N2O4/c1-15-10-11-19(12-16(15)2)30-14-22(27)25-17-6-5-7-18(13-17)26-23(28)20-8-3-4-9-21(20)24(26)29/h3-13H,14H2,1-2H3,(H,25,27). The Bertz CT molecular complexity index is 1130. The molecule has 3 aromatic rings. The maximum absolute atomic E-state index is 12.6. The van der Waals surface area contributed by atoms with E-state index in [1.54, 1.807) is 48.5 Å². The van der Waals surface area contributed by atoms with Crippen LogP contribution in [0.15, 0.2) is 66.7 Å². The van der Waals surface area contributed by atoms with Gasteiger partial charge in [-0.1, -0.05) is 24.3 Å². The molecule has 0 radical (unpaired) electrons.